The molecule has 0 amide bonds. The third-order valence-electron chi connectivity index (χ3n) is 4.48. The van der Waals surface area contributed by atoms with Crippen LogP contribution in [0.3, 0.4) is 0 Å². The van der Waals surface area contributed by atoms with Crippen LogP contribution < -0.4 is 11.3 Å². The molecule has 2 aromatic rings. The van der Waals surface area contributed by atoms with Gasteiger partial charge in [0.15, 0.2) is 0 Å². The van der Waals surface area contributed by atoms with Crippen molar-refractivity contribution in [3.8, 4) is 0 Å². The Hall–Kier alpha value is -1.49. The first-order valence-electron chi connectivity index (χ1n) is 7.60. The first-order chi connectivity index (χ1) is 10.1. The number of nitrogens with zero attached hydrogens (tertiary/aromatic N) is 2. The topological polar surface area (TPSA) is 54.2 Å². The lowest BCUT2D eigenvalue weighted by molar-refractivity contribution is 0.0918. The molecule has 0 radical (unpaired) electrons. The Labute approximate surface area is 127 Å². The van der Waals surface area contributed by atoms with Crippen molar-refractivity contribution in [1.29, 1.82) is 0 Å². The maximum Gasteiger partial charge on any atom is 0.0645 e. The third kappa shape index (κ3) is 2.93. The van der Waals surface area contributed by atoms with Gasteiger partial charge in [-0.25, -0.2) is 0 Å². The number of nitrogens with one attached hydrogen (secondary N) is 1. The van der Waals surface area contributed by atoms with Gasteiger partial charge in [0.2, 0.25) is 0 Å². The molecule has 21 heavy (non-hydrogen) atoms. The van der Waals surface area contributed by atoms with Crippen molar-refractivity contribution in [3.63, 3.8) is 0 Å². The molecule has 0 aliphatic carbocycles. The van der Waals surface area contributed by atoms with Crippen LogP contribution in [0.15, 0.2) is 36.7 Å². The summed E-state index contributed by atoms with van der Waals surface area (Å²) in [7, 11) is 0. The van der Waals surface area contributed by atoms with E-state index in [0.29, 0.717) is 0 Å². The summed E-state index contributed by atoms with van der Waals surface area (Å²) in [5.74, 6) is 5.93. The van der Waals surface area contributed by atoms with Crippen LogP contribution in [-0.4, -0.2) is 28.5 Å². The van der Waals surface area contributed by atoms with Gasteiger partial charge in [-0.15, -0.1) is 0 Å². The van der Waals surface area contributed by atoms with Crippen molar-refractivity contribution in [2.75, 3.05) is 13.1 Å². The predicted molar refractivity (Wildman–Crippen MR) is 88.8 cm³/mol. The zero-order chi connectivity index (χ0) is 15.5. The van der Waals surface area contributed by atoms with E-state index < -0.39 is 0 Å². The quantitative estimate of drug-likeness (QED) is 0.633. The average Bonchev–Trinajstić information content (AvgIpc) is 2.49. The molecule has 1 unspecified atom stereocenters. The maximum atomic E-state index is 5.93. The summed E-state index contributed by atoms with van der Waals surface area (Å²) in [5.41, 5.74) is 4.13. The van der Waals surface area contributed by atoms with E-state index in [1.54, 1.807) is 0 Å². The molecule has 3 N–H and O–H groups in total. The van der Waals surface area contributed by atoms with E-state index in [1.807, 2.05) is 18.5 Å². The summed E-state index contributed by atoms with van der Waals surface area (Å²) >= 11 is 0. The summed E-state index contributed by atoms with van der Waals surface area (Å²) < 4.78 is 0. The fraction of sp³-hybridized carbons (Fsp3) is 0.471. The Kier molecular flexibility index (Phi) is 4.93. The van der Waals surface area contributed by atoms with Gasteiger partial charge in [-0.05, 0) is 44.0 Å². The minimum atomic E-state index is -0.0949. The number of likely N-dealkylation sites (N-methyl/N-ethyl adjacent to an activating group) is 1. The number of fused-ring (bicyclic) bond motifs is 1. The second-order valence-electron chi connectivity index (χ2n) is 5.87. The fourth-order valence-electron chi connectivity index (χ4n) is 3.28. The van der Waals surface area contributed by atoms with E-state index in [0.717, 1.165) is 18.5 Å². The number of hydrazine groups is 1. The highest BCUT2D eigenvalue weighted by molar-refractivity contribution is 5.85. The zero-order valence-corrected chi connectivity index (χ0v) is 13.4. The first-order valence-corrected chi connectivity index (χ1v) is 7.60. The van der Waals surface area contributed by atoms with Crippen molar-refractivity contribution in [3.05, 3.63) is 42.2 Å². The van der Waals surface area contributed by atoms with Gasteiger partial charge in [-0.2, -0.15) is 0 Å². The molecule has 0 aliphatic heterocycles. The molecule has 0 spiro atoms. The van der Waals surface area contributed by atoms with Gasteiger partial charge in [0, 0.05) is 23.3 Å². The van der Waals surface area contributed by atoms with Crippen LogP contribution >= 0.6 is 0 Å². The molecule has 0 aliphatic rings. The summed E-state index contributed by atoms with van der Waals surface area (Å²) in [6, 6.07) is 8.40. The van der Waals surface area contributed by atoms with Gasteiger partial charge in [0.25, 0.3) is 0 Å². The normalized spacial score (nSPS) is 13.8. The molecule has 0 bridgehead atoms. The van der Waals surface area contributed by atoms with Crippen LogP contribution in [0.4, 0.5) is 0 Å². The molecule has 4 heteroatoms. The fourth-order valence-corrected chi connectivity index (χ4v) is 3.28. The van der Waals surface area contributed by atoms with Gasteiger partial charge in [0.1, 0.15) is 0 Å². The molecule has 1 heterocycles. The monoisotopic (exact) mass is 286 g/mol. The minimum Gasteiger partial charge on any atom is -0.297 e. The van der Waals surface area contributed by atoms with E-state index in [2.05, 4.69) is 61.2 Å². The average molecular weight is 286 g/mol. The molecule has 4 nitrogen and oxygen atoms in total. The standard InChI is InChI=1S/C17H26N4/c1-5-21(6-2)17(3,4)16(20-18)14-9-7-8-13-10-11-19-12-15(13)14/h7-12,16,20H,5-6,18H2,1-4H3. The van der Waals surface area contributed by atoms with Crippen molar-refractivity contribution in [2.24, 2.45) is 5.84 Å². The lowest BCUT2D eigenvalue weighted by Crippen LogP contribution is -2.54. The van der Waals surface area contributed by atoms with E-state index in [9.17, 15) is 0 Å². The van der Waals surface area contributed by atoms with E-state index in [-0.39, 0.29) is 11.6 Å². The highest BCUT2D eigenvalue weighted by Gasteiger charge is 2.35. The third-order valence-corrected chi connectivity index (χ3v) is 4.48. The zero-order valence-electron chi connectivity index (χ0n) is 13.4. The van der Waals surface area contributed by atoms with Crippen LogP contribution in [0.1, 0.15) is 39.3 Å². The van der Waals surface area contributed by atoms with Crippen molar-refractivity contribution in [1.82, 2.24) is 15.3 Å². The molecular formula is C17H26N4. The number of hydrogen-bond donors (Lipinski definition) is 2. The van der Waals surface area contributed by atoms with Crippen molar-refractivity contribution in [2.45, 2.75) is 39.3 Å². The number of rotatable bonds is 6. The molecule has 2 rings (SSSR count). The van der Waals surface area contributed by atoms with Crippen molar-refractivity contribution < 1.29 is 0 Å². The molecule has 1 atom stereocenters. The maximum absolute atomic E-state index is 5.93. The molecule has 1 aromatic heterocycles. The molecule has 1 aromatic carbocycles. The van der Waals surface area contributed by atoms with Gasteiger partial charge in [-0.3, -0.25) is 21.2 Å². The molecular weight excluding hydrogens is 260 g/mol. The number of nitrogens with two attached hydrogens (primary N) is 1. The van der Waals surface area contributed by atoms with Crippen LogP contribution in [0, 0.1) is 0 Å². The number of pyridine rings is 1. The molecule has 0 fully saturated rings. The van der Waals surface area contributed by atoms with Crippen molar-refractivity contribution >= 4 is 10.8 Å². The first kappa shape index (κ1) is 15.9. The summed E-state index contributed by atoms with van der Waals surface area (Å²) in [6.07, 6.45) is 3.75. The number of aromatic nitrogens is 1. The van der Waals surface area contributed by atoms with Crippen LogP contribution in [0.5, 0.6) is 0 Å². The second kappa shape index (κ2) is 6.52. The van der Waals surface area contributed by atoms with E-state index >= 15 is 0 Å². The van der Waals surface area contributed by atoms with E-state index in [1.165, 1.54) is 10.9 Å². The lowest BCUT2D eigenvalue weighted by Gasteiger charge is -2.43. The van der Waals surface area contributed by atoms with Crippen LogP contribution in [0.2, 0.25) is 0 Å². The highest BCUT2D eigenvalue weighted by atomic mass is 15.3. The van der Waals surface area contributed by atoms with Gasteiger partial charge >= 0.3 is 0 Å². The number of benzene rings is 1. The SMILES string of the molecule is CCN(CC)C(C)(C)C(NN)c1cccc2ccncc12. The number of hydrogen-bond acceptors (Lipinski definition) is 4. The van der Waals surface area contributed by atoms with Gasteiger partial charge in [-0.1, -0.05) is 32.0 Å². The molecule has 0 saturated heterocycles. The molecule has 0 saturated carbocycles. The van der Waals surface area contributed by atoms with Gasteiger partial charge in [0.05, 0.1) is 6.04 Å². The second-order valence-corrected chi connectivity index (χ2v) is 5.87. The highest BCUT2D eigenvalue weighted by Crippen LogP contribution is 2.34. The van der Waals surface area contributed by atoms with Gasteiger partial charge < -0.3 is 0 Å². The smallest absolute Gasteiger partial charge is 0.0645 e. The molecule has 114 valence electrons. The lowest BCUT2D eigenvalue weighted by atomic mass is 9.85. The minimum absolute atomic E-state index is 0.0327. The Morgan fingerprint density at radius 3 is 2.57 bits per heavy atom. The van der Waals surface area contributed by atoms with Crippen LogP contribution in [-0.2, 0) is 0 Å². The Balaban J connectivity index is 2.54. The summed E-state index contributed by atoms with van der Waals surface area (Å²) in [4.78, 5) is 6.70. The van der Waals surface area contributed by atoms with Crippen LogP contribution in [0.25, 0.3) is 10.8 Å². The largest absolute Gasteiger partial charge is 0.297 e. The predicted octanol–water partition coefficient (Wildman–Crippen LogP) is 2.86. The summed E-state index contributed by atoms with van der Waals surface area (Å²) in [6.45, 7) is 10.8. The Bertz CT molecular complexity index is 585. The summed E-state index contributed by atoms with van der Waals surface area (Å²) in [5, 5.41) is 2.35. The van der Waals surface area contributed by atoms with E-state index in [4.69, 9.17) is 5.84 Å². The Morgan fingerprint density at radius 2 is 1.95 bits per heavy atom. The Morgan fingerprint density at radius 1 is 1.24 bits per heavy atom.